The number of rotatable bonds is 6. The van der Waals surface area contributed by atoms with Gasteiger partial charge in [-0.15, -0.1) is 0 Å². The van der Waals surface area contributed by atoms with Gasteiger partial charge in [-0.25, -0.2) is 4.98 Å². The van der Waals surface area contributed by atoms with Gasteiger partial charge in [0.25, 0.3) is 0 Å². The highest BCUT2D eigenvalue weighted by atomic mass is 16.1. The molecule has 5 heteroatoms. The lowest BCUT2D eigenvalue weighted by Crippen LogP contribution is -2.45. The monoisotopic (exact) mass is 250 g/mol. The Labute approximate surface area is 108 Å². The summed E-state index contributed by atoms with van der Waals surface area (Å²) in [7, 11) is 0. The fourth-order valence-electron chi connectivity index (χ4n) is 2.45. The second kappa shape index (κ2) is 6.66. The number of carbonyl (C=O) groups excluding carboxylic acids is 1. The lowest BCUT2D eigenvalue weighted by molar-refractivity contribution is -0.120. The number of aromatic amines is 1. The van der Waals surface area contributed by atoms with Gasteiger partial charge in [0.1, 0.15) is 11.6 Å². The molecular formula is C13H22N4O. The van der Waals surface area contributed by atoms with Crippen LogP contribution in [0, 0.1) is 0 Å². The van der Waals surface area contributed by atoms with Crippen LogP contribution < -0.4 is 5.32 Å². The largest absolute Gasteiger partial charge is 0.347 e. The van der Waals surface area contributed by atoms with Crippen molar-refractivity contribution in [3.8, 4) is 0 Å². The van der Waals surface area contributed by atoms with Crippen LogP contribution in [0.15, 0.2) is 12.4 Å². The van der Waals surface area contributed by atoms with E-state index in [9.17, 15) is 4.79 Å². The minimum absolute atomic E-state index is 0.112. The average Bonchev–Trinajstić information content (AvgIpc) is 2.91. The van der Waals surface area contributed by atoms with E-state index in [0.717, 1.165) is 38.4 Å². The molecule has 0 spiro atoms. The van der Waals surface area contributed by atoms with E-state index in [0.29, 0.717) is 18.6 Å². The molecule has 1 fully saturated rings. The van der Waals surface area contributed by atoms with Crippen LogP contribution in [-0.4, -0.2) is 46.8 Å². The van der Waals surface area contributed by atoms with E-state index in [1.54, 1.807) is 6.20 Å². The quantitative estimate of drug-likeness (QED) is 0.794. The fourth-order valence-corrected chi connectivity index (χ4v) is 2.45. The van der Waals surface area contributed by atoms with Gasteiger partial charge in [0.05, 0.1) is 6.04 Å². The number of piperazine rings is 1. The summed E-state index contributed by atoms with van der Waals surface area (Å²) in [4.78, 5) is 21.7. The van der Waals surface area contributed by atoms with Crippen molar-refractivity contribution >= 4 is 5.78 Å². The zero-order valence-corrected chi connectivity index (χ0v) is 11.0. The molecule has 1 unspecified atom stereocenters. The first kappa shape index (κ1) is 13.2. The number of ketones is 1. The molecule has 100 valence electrons. The van der Waals surface area contributed by atoms with Crippen molar-refractivity contribution in [2.75, 3.05) is 26.2 Å². The molecule has 18 heavy (non-hydrogen) atoms. The van der Waals surface area contributed by atoms with E-state index in [2.05, 4.69) is 20.2 Å². The molecule has 0 amide bonds. The lowest BCUT2D eigenvalue weighted by atomic mass is 10.0. The maximum Gasteiger partial charge on any atom is 0.134 e. The van der Waals surface area contributed by atoms with Crippen LogP contribution in [-0.2, 0) is 4.79 Å². The van der Waals surface area contributed by atoms with E-state index < -0.39 is 0 Å². The number of nitrogens with one attached hydrogen (secondary N) is 2. The SMILES string of the molecule is CCCC(=O)CC(c1ncc[nH]1)N1CCNCC1. The zero-order valence-electron chi connectivity index (χ0n) is 11.0. The summed E-state index contributed by atoms with van der Waals surface area (Å²) in [6.45, 7) is 5.97. The number of hydrogen-bond acceptors (Lipinski definition) is 4. The Kier molecular flexibility index (Phi) is 4.90. The Hall–Kier alpha value is -1.20. The average molecular weight is 250 g/mol. The molecule has 0 radical (unpaired) electrons. The van der Waals surface area contributed by atoms with Gasteiger partial charge < -0.3 is 10.3 Å². The van der Waals surface area contributed by atoms with Crippen LogP contribution in [0.3, 0.4) is 0 Å². The van der Waals surface area contributed by atoms with Gasteiger partial charge in [-0.2, -0.15) is 0 Å². The number of aromatic nitrogens is 2. The molecule has 2 N–H and O–H groups in total. The predicted octanol–water partition coefficient (Wildman–Crippen LogP) is 1.12. The number of H-pyrrole nitrogens is 1. The summed E-state index contributed by atoms with van der Waals surface area (Å²) < 4.78 is 0. The summed E-state index contributed by atoms with van der Waals surface area (Å²) in [5.41, 5.74) is 0. The Balaban J connectivity index is 2.05. The van der Waals surface area contributed by atoms with Gasteiger partial charge in [0, 0.05) is 51.4 Å². The van der Waals surface area contributed by atoms with Crippen LogP contribution in [0.4, 0.5) is 0 Å². The molecule has 0 saturated carbocycles. The number of carbonyl (C=O) groups is 1. The molecule has 0 aromatic carbocycles. The van der Waals surface area contributed by atoms with E-state index in [1.165, 1.54) is 0 Å². The number of nitrogens with zero attached hydrogens (tertiary/aromatic N) is 2. The van der Waals surface area contributed by atoms with Gasteiger partial charge in [0.15, 0.2) is 0 Å². The molecular weight excluding hydrogens is 228 g/mol. The van der Waals surface area contributed by atoms with E-state index in [4.69, 9.17) is 0 Å². The molecule has 0 bridgehead atoms. The normalized spacial score (nSPS) is 18.7. The third kappa shape index (κ3) is 3.40. The van der Waals surface area contributed by atoms with Gasteiger partial charge in [-0.05, 0) is 6.42 Å². The third-order valence-electron chi connectivity index (χ3n) is 3.38. The first-order valence-corrected chi connectivity index (χ1v) is 6.77. The Morgan fingerprint density at radius 3 is 2.89 bits per heavy atom. The fraction of sp³-hybridized carbons (Fsp3) is 0.692. The zero-order chi connectivity index (χ0) is 12.8. The van der Waals surface area contributed by atoms with Crippen molar-refractivity contribution in [2.24, 2.45) is 0 Å². The van der Waals surface area contributed by atoms with Crippen LogP contribution in [0.2, 0.25) is 0 Å². The molecule has 1 aromatic rings. The standard InChI is InChI=1S/C13H22N4O/c1-2-3-11(18)10-12(13-15-4-5-16-13)17-8-6-14-7-9-17/h4-5,12,14H,2-3,6-10H2,1H3,(H,15,16). The molecule has 1 saturated heterocycles. The smallest absolute Gasteiger partial charge is 0.134 e. The van der Waals surface area contributed by atoms with E-state index >= 15 is 0 Å². The summed E-state index contributed by atoms with van der Waals surface area (Å²) >= 11 is 0. The van der Waals surface area contributed by atoms with Gasteiger partial charge in [-0.1, -0.05) is 6.92 Å². The molecule has 1 aliphatic heterocycles. The highest BCUT2D eigenvalue weighted by Gasteiger charge is 2.25. The topological polar surface area (TPSA) is 61.0 Å². The minimum Gasteiger partial charge on any atom is -0.347 e. The van der Waals surface area contributed by atoms with Crippen molar-refractivity contribution in [1.82, 2.24) is 20.2 Å². The lowest BCUT2D eigenvalue weighted by Gasteiger charge is -2.33. The predicted molar refractivity (Wildman–Crippen MR) is 70.3 cm³/mol. The van der Waals surface area contributed by atoms with Crippen LogP contribution >= 0.6 is 0 Å². The van der Waals surface area contributed by atoms with Crippen LogP contribution in [0.25, 0.3) is 0 Å². The third-order valence-corrected chi connectivity index (χ3v) is 3.38. The summed E-state index contributed by atoms with van der Waals surface area (Å²) in [6, 6.07) is 0.112. The van der Waals surface area contributed by atoms with Gasteiger partial charge in [-0.3, -0.25) is 9.69 Å². The molecule has 0 aliphatic carbocycles. The maximum atomic E-state index is 11.9. The highest BCUT2D eigenvalue weighted by molar-refractivity contribution is 5.79. The summed E-state index contributed by atoms with van der Waals surface area (Å²) in [5, 5.41) is 3.34. The molecule has 1 aliphatic rings. The Morgan fingerprint density at radius 2 is 2.28 bits per heavy atom. The van der Waals surface area contributed by atoms with Crippen molar-refractivity contribution < 1.29 is 4.79 Å². The first-order valence-electron chi connectivity index (χ1n) is 6.77. The Morgan fingerprint density at radius 1 is 1.50 bits per heavy atom. The minimum atomic E-state index is 0.112. The molecule has 5 nitrogen and oxygen atoms in total. The number of hydrogen-bond donors (Lipinski definition) is 2. The molecule has 1 aromatic heterocycles. The number of imidazole rings is 1. The van der Waals surface area contributed by atoms with Crippen molar-refractivity contribution in [2.45, 2.75) is 32.2 Å². The molecule has 2 rings (SSSR count). The van der Waals surface area contributed by atoms with Crippen molar-refractivity contribution in [3.05, 3.63) is 18.2 Å². The Bertz CT molecular complexity index is 357. The van der Waals surface area contributed by atoms with Crippen LogP contribution in [0.1, 0.15) is 38.1 Å². The van der Waals surface area contributed by atoms with E-state index in [-0.39, 0.29) is 6.04 Å². The van der Waals surface area contributed by atoms with Gasteiger partial charge in [0.2, 0.25) is 0 Å². The van der Waals surface area contributed by atoms with Crippen molar-refractivity contribution in [3.63, 3.8) is 0 Å². The van der Waals surface area contributed by atoms with Crippen LogP contribution in [0.5, 0.6) is 0 Å². The van der Waals surface area contributed by atoms with E-state index in [1.807, 2.05) is 13.1 Å². The number of Topliss-reactive ketones (excluding diaryl/α,β-unsaturated/α-hetero) is 1. The van der Waals surface area contributed by atoms with Crippen molar-refractivity contribution in [1.29, 1.82) is 0 Å². The summed E-state index contributed by atoms with van der Waals surface area (Å²) in [5.74, 6) is 1.25. The second-order valence-corrected chi connectivity index (χ2v) is 4.77. The maximum absolute atomic E-state index is 11.9. The molecule has 1 atom stereocenters. The van der Waals surface area contributed by atoms with Gasteiger partial charge >= 0.3 is 0 Å². The molecule has 2 heterocycles. The first-order chi connectivity index (χ1) is 8.81. The summed E-state index contributed by atoms with van der Waals surface area (Å²) in [6.07, 6.45) is 5.75. The second-order valence-electron chi connectivity index (χ2n) is 4.77. The highest BCUT2D eigenvalue weighted by Crippen LogP contribution is 2.22.